The summed E-state index contributed by atoms with van der Waals surface area (Å²) in [5.41, 5.74) is 0.802. The van der Waals surface area contributed by atoms with Crippen molar-refractivity contribution in [1.82, 2.24) is 10.3 Å². The molecule has 0 saturated heterocycles. The molecule has 7 heteroatoms. The van der Waals surface area contributed by atoms with Gasteiger partial charge in [-0.3, -0.25) is 9.59 Å². The predicted molar refractivity (Wildman–Crippen MR) is 74.3 cm³/mol. The van der Waals surface area contributed by atoms with Gasteiger partial charge in [0.1, 0.15) is 11.3 Å². The van der Waals surface area contributed by atoms with E-state index in [0.29, 0.717) is 42.8 Å². The smallest absolute Gasteiger partial charge is 0.220 e. The zero-order valence-corrected chi connectivity index (χ0v) is 11.6. The highest BCUT2D eigenvalue weighted by Crippen LogP contribution is 2.26. The number of aromatic hydroxyl groups is 1. The van der Waals surface area contributed by atoms with E-state index in [1.165, 1.54) is 12.1 Å². The average molecular weight is 292 g/mol. The van der Waals surface area contributed by atoms with Gasteiger partial charge in [0.15, 0.2) is 17.8 Å². The Balaban J connectivity index is 2.03. The number of fused-ring (bicyclic) bond motifs is 1. The van der Waals surface area contributed by atoms with Crippen LogP contribution in [0.1, 0.15) is 22.7 Å². The normalized spacial score (nSPS) is 10.7. The Morgan fingerprint density at radius 2 is 2.33 bits per heavy atom. The Hall–Kier alpha value is -2.41. The molecule has 0 fully saturated rings. The quantitative estimate of drug-likeness (QED) is 0.584. The van der Waals surface area contributed by atoms with Crippen LogP contribution in [0.3, 0.4) is 0 Å². The van der Waals surface area contributed by atoms with Crippen molar-refractivity contribution in [3.63, 3.8) is 0 Å². The van der Waals surface area contributed by atoms with Gasteiger partial charge in [-0.25, -0.2) is 4.98 Å². The third kappa shape index (κ3) is 3.57. The van der Waals surface area contributed by atoms with E-state index in [1.54, 1.807) is 7.11 Å². The minimum absolute atomic E-state index is 0.0899. The molecule has 1 heterocycles. The number of hydrogen-bond acceptors (Lipinski definition) is 6. The number of ether oxygens (including phenoxy) is 1. The minimum atomic E-state index is -0.144. The van der Waals surface area contributed by atoms with Crippen molar-refractivity contribution in [2.45, 2.75) is 12.8 Å². The second kappa shape index (κ2) is 6.85. The molecule has 1 amide bonds. The van der Waals surface area contributed by atoms with Crippen molar-refractivity contribution in [3.05, 3.63) is 23.6 Å². The van der Waals surface area contributed by atoms with Crippen molar-refractivity contribution in [2.24, 2.45) is 0 Å². The lowest BCUT2D eigenvalue weighted by Gasteiger charge is -2.02. The molecule has 21 heavy (non-hydrogen) atoms. The van der Waals surface area contributed by atoms with Crippen LogP contribution >= 0.6 is 0 Å². The van der Waals surface area contributed by atoms with Crippen LogP contribution in [0.4, 0.5) is 0 Å². The molecule has 7 nitrogen and oxygen atoms in total. The molecule has 0 bridgehead atoms. The first-order valence-corrected chi connectivity index (χ1v) is 6.48. The van der Waals surface area contributed by atoms with Gasteiger partial charge in [0.05, 0.1) is 12.2 Å². The van der Waals surface area contributed by atoms with Gasteiger partial charge in [0.2, 0.25) is 5.91 Å². The number of carbonyl (C=O) groups excluding carboxylic acids is 2. The Labute approximate surface area is 120 Å². The molecule has 112 valence electrons. The maximum absolute atomic E-state index is 11.6. The number of aromatic nitrogens is 1. The summed E-state index contributed by atoms with van der Waals surface area (Å²) in [6.45, 7) is 0.905. The highest BCUT2D eigenvalue weighted by Gasteiger charge is 2.14. The summed E-state index contributed by atoms with van der Waals surface area (Å²) in [4.78, 5) is 26.6. The zero-order chi connectivity index (χ0) is 15.2. The first-order valence-electron chi connectivity index (χ1n) is 6.48. The second-order valence-corrected chi connectivity index (χ2v) is 4.41. The molecule has 0 saturated carbocycles. The molecule has 0 spiro atoms. The Morgan fingerprint density at radius 1 is 1.52 bits per heavy atom. The molecule has 1 aromatic heterocycles. The van der Waals surface area contributed by atoms with Crippen LogP contribution in [0, 0.1) is 0 Å². The summed E-state index contributed by atoms with van der Waals surface area (Å²) in [6.07, 6.45) is 1.06. The van der Waals surface area contributed by atoms with Gasteiger partial charge in [-0.1, -0.05) is 0 Å². The predicted octanol–water partition coefficient (Wildman–Crippen LogP) is 1.04. The van der Waals surface area contributed by atoms with Gasteiger partial charge in [0.25, 0.3) is 0 Å². The summed E-state index contributed by atoms with van der Waals surface area (Å²) in [7, 11) is 1.56. The molecular weight excluding hydrogens is 276 g/mol. The lowest BCUT2D eigenvalue weighted by atomic mass is 10.2. The molecule has 0 aliphatic rings. The number of amides is 1. The third-order valence-electron chi connectivity index (χ3n) is 2.93. The fraction of sp³-hybridized carbons (Fsp3) is 0.357. The summed E-state index contributed by atoms with van der Waals surface area (Å²) in [5.74, 6) is 0.0722. The average Bonchev–Trinajstić information content (AvgIpc) is 2.88. The van der Waals surface area contributed by atoms with E-state index in [0.717, 1.165) is 0 Å². The van der Waals surface area contributed by atoms with E-state index in [9.17, 15) is 14.7 Å². The SMILES string of the molecule is COCCNC(=O)CCc1nc2c(C=O)c(O)ccc2o1. The van der Waals surface area contributed by atoms with Gasteiger partial charge in [-0.2, -0.15) is 0 Å². The zero-order valence-electron chi connectivity index (χ0n) is 11.6. The van der Waals surface area contributed by atoms with E-state index in [1.807, 2.05) is 0 Å². The Kier molecular flexibility index (Phi) is 4.89. The van der Waals surface area contributed by atoms with E-state index < -0.39 is 0 Å². The van der Waals surface area contributed by atoms with Crippen LogP contribution in [-0.2, 0) is 16.0 Å². The van der Waals surface area contributed by atoms with Crippen molar-refractivity contribution < 1.29 is 23.8 Å². The van der Waals surface area contributed by atoms with Gasteiger partial charge in [-0.05, 0) is 12.1 Å². The monoisotopic (exact) mass is 292 g/mol. The van der Waals surface area contributed by atoms with Crippen molar-refractivity contribution in [1.29, 1.82) is 0 Å². The molecule has 0 radical (unpaired) electrons. The molecule has 2 rings (SSSR count). The molecule has 0 aliphatic heterocycles. The molecular formula is C14H16N2O5. The number of rotatable bonds is 7. The number of carbonyl (C=O) groups is 2. The number of oxazole rings is 1. The van der Waals surface area contributed by atoms with E-state index in [-0.39, 0.29) is 23.6 Å². The molecule has 2 N–H and O–H groups in total. The fourth-order valence-corrected chi connectivity index (χ4v) is 1.87. The first-order chi connectivity index (χ1) is 10.2. The highest BCUT2D eigenvalue weighted by molar-refractivity contribution is 5.96. The largest absolute Gasteiger partial charge is 0.507 e. The second-order valence-electron chi connectivity index (χ2n) is 4.41. The van der Waals surface area contributed by atoms with E-state index in [4.69, 9.17) is 9.15 Å². The van der Waals surface area contributed by atoms with E-state index in [2.05, 4.69) is 10.3 Å². The van der Waals surface area contributed by atoms with Gasteiger partial charge in [0, 0.05) is 26.5 Å². The molecule has 2 aromatic rings. The van der Waals surface area contributed by atoms with Crippen molar-refractivity contribution in [3.8, 4) is 5.75 Å². The fourth-order valence-electron chi connectivity index (χ4n) is 1.87. The molecule has 0 aliphatic carbocycles. The molecule has 0 unspecified atom stereocenters. The number of hydrogen-bond donors (Lipinski definition) is 2. The summed E-state index contributed by atoms with van der Waals surface area (Å²) in [6, 6.07) is 2.91. The Morgan fingerprint density at radius 3 is 3.05 bits per heavy atom. The van der Waals surface area contributed by atoms with E-state index >= 15 is 0 Å². The van der Waals surface area contributed by atoms with Crippen LogP contribution < -0.4 is 5.32 Å². The van der Waals surface area contributed by atoms with Gasteiger partial charge >= 0.3 is 0 Å². The standard InChI is InChI=1S/C14H16N2O5/c1-20-7-6-15-12(19)4-5-13-16-14-9(8-17)10(18)2-3-11(14)21-13/h2-3,8,18H,4-7H2,1H3,(H,15,19). The third-order valence-corrected chi connectivity index (χ3v) is 2.93. The molecule has 0 atom stereocenters. The molecule has 1 aromatic carbocycles. The number of phenolic OH excluding ortho intramolecular Hbond substituents is 1. The maximum Gasteiger partial charge on any atom is 0.220 e. The van der Waals surface area contributed by atoms with Crippen LogP contribution in [0.2, 0.25) is 0 Å². The van der Waals surface area contributed by atoms with Crippen LogP contribution in [0.25, 0.3) is 11.1 Å². The number of aryl methyl sites for hydroxylation is 1. The highest BCUT2D eigenvalue weighted by atomic mass is 16.5. The van der Waals surface area contributed by atoms with Gasteiger partial charge < -0.3 is 19.6 Å². The number of methoxy groups -OCH3 is 1. The number of nitrogens with zero attached hydrogens (tertiary/aromatic N) is 1. The number of benzene rings is 1. The Bertz CT molecular complexity index is 650. The van der Waals surface area contributed by atoms with Crippen LogP contribution in [0.5, 0.6) is 5.75 Å². The number of nitrogens with one attached hydrogen (secondary N) is 1. The summed E-state index contributed by atoms with van der Waals surface area (Å²) in [5, 5.41) is 12.3. The number of phenols is 1. The van der Waals surface area contributed by atoms with Crippen molar-refractivity contribution >= 4 is 23.3 Å². The van der Waals surface area contributed by atoms with Crippen LogP contribution in [0.15, 0.2) is 16.5 Å². The lowest BCUT2D eigenvalue weighted by molar-refractivity contribution is -0.121. The maximum atomic E-state index is 11.6. The lowest BCUT2D eigenvalue weighted by Crippen LogP contribution is -2.27. The summed E-state index contributed by atoms with van der Waals surface area (Å²) < 4.78 is 10.3. The topological polar surface area (TPSA) is 102 Å². The summed E-state index contributed by atoms with van der Waals surface area (Å²) >= 11 is 0. The van der Waals surface area contributed by atoms with Gasteiger partial charge in [-0.15, -0.1) is 0 Å². The van der Waals surface area contributed by atoms with Crippen molar-refractivity contribution in [2.75, 3.05) is 20.3 Å². The number of aldehydes is 1. The van der Waals surface area contributed by atoms with Crippen LogP contribution in [-0.4, -0.2) is 42.5 Å². The minimum Gasteiger partial charge on any atom is -0.507 e. The first kappa shape index (κ1) is 15.0.